The summed E-state index contributed by atoms with van der Waals surface area (Å²) >= 11 is 1.63. The van der Waals surface area contributed by atoms with Gasteiger partial charge in [0.05, 0.1) is 5.75 Å². The highest BCUT2D eigenvalue weighted by Crippen LogP contribution is 2.24. The summed E-state index contributed by atoms with van der Waals surface area (Å²) in [5.41, 5.74) is 2.59. The second kappa shape index (κ2) is 7.16. The fourth-order valence-corrected chi connectivity index (χ4v) is 3.54. The van der Waals surface area contributed by atoms with E-state index in [4.69, 9.17) is 0 Å². The van der Waals surface area contributed by atoms with Gasteiger partial charge < -0.3 is 5.32 Å². The molecule has 0 radical (unpaired) electrons. The Balaban J connectivity index is 1.81. The van der Waals surface area contributed by atoms with Crippen molar-refractivity contribution in [3.63, 3.8) is 0 Å². The first-order chi connectivity index (χ1) is 9.56. The van der Waals surface area contributed by atoms with Crippen molar-refractivity contribution in [2.45, 2.75) is 57.4 Å². The van der Waals surface area contributed by atoms with Crippen LogP contribution in [-0.2, 0) is 4.79 Å². The van der Waals surface area contributed by atoms with Crippen LogP contribution in [0, 0.1) is 19.8 Å². The van der Waals surface area contributed by atoms with E-state index in [-0.39, 0.29) is 5.91 Å². The van der Waals surface area contributed by atoms with Crippen LogP contribution in [0.4, 0.5) is 0 Å². The third-order valence-corrected chi connectivity index (χ3v) is 5.30. The van der Waals surface area contributed by atoms with E-state index in [2.05, 4.69) is 44.3 Å². The predicted octanol–water partition coefficient (Wildman–Crippen LogP) is 4.09. The summed E-state index contributed by atoms with van der Waals surface area (Å²) in [6.07, 6.45) is 4.95. The molecule has 2 rings (SSSR count). The van der Waals surface area contributed by atoms with Gasteiger partial charge in [-0.3, -0.25) is 4.79 Å². The molecule has 1 aliphatic rings. The van der Waals surface area contributed by atoms with Crippen LogP contribution in [-0.4, -0.2) is 17.7 Å². The molecule has 1 N–H and O–H groups in total. The summed E-state index contributed by atoms with van der Waals surface area (Å²) in [6.45, 7) is 6.48. The molecule has 2 nitrogen and oxygen atoms in total. The summed E-state index contributed by atoms with van der Waals surface area (Å²) in [5, 5.41) is 3.21. The van der Waals surface area contributed by atoms with E-state index in [1.807, 2.05) is 0 Å². The lowest BCUT2D eigenvalue weighted by atomic mass is 9.86. The number of carbonyl (C=O) groups excluding carboxylic acids is 1. The van der Waals surface area contributed by atoms with Crippen molar-refractivity contribution in [3.8, 4) is 0 Å². The highest BCUT2D eigenvalue weighted by molar-refractivity contribution is 8.00. The summed E-state index contributed by atoms with van der Waals surface area (Å²) < 4.78 is 0. The maximum Gasteiger partial charge on any atom is 0.230 e. The van der Waals surface area contributed by atoms with Crippen molar-refractivity contribution < 1.29 is 4.79 Å². The monoisotopic (exact) mass is 291 g/mol. The first kappa shape index (κ1) is 15.4. The molecular formula is C17H25NOS. The highest BCUT2D eigenvalue weighted by atomic mass is 32.2. The Morgan fingerprint density at radius 2 is 2.00 bits per heavy atom. The molecule has 20 heavy (non-hydrogen) atoms. The van der Waals surface area contributed by atoms with E-state index in [9.17, 15) is 4.79 Å². The van der Waals surface area contributed by atoms with Crippen molar-refractivity contribution in [1.29, 1.82) is 0 Å². The van der Waals surface area contributed by atoms with Crippen LogP contribution >= 0.6 is 11.8 Å². The van der Waals surface area contributed by atoms with Gasteiger partial charge in [-0.05, 0) is 55.9 Å². The smallest absolute Gasteiger partial charge is 0.230 e. The van der Waals surface area contributed by atoms with Crippen LogP contribution < -0.4 is 5.32 Å². The quantitative estimate of drug-likeness (QED) is 0.847. The Hall–Kier alpha value is -0.960. The SMILES string of the molecule is Cc1ccc(SCC(=O)N[C@@H]2CCCC[C@@H]2C)cc1C. The minimum atomic E-state index is 0.173. The molecule has 0 aromatic heterocycles. The van der Waals surface area contributed by atoms with Gasteiger partial charge in [-0.25, -0.2) is 0 Å². The first-order valence-corrected chi connectivity index (χ1v) is 8.54. The molecule has 0 heterocycles. The van der Waals surface area contributed by atoms with Crippen LogP contribution in [0.3, 0.4) is 0 Å². The van der Waals surface area contributed by atoms with Crippen LogP contribution in [0.25, 0.3) is 0 Å². The maximum absolute atomic E-state index is 12.1. The third kappa shape index (κ3) is 4.27. The van der Waals surface area contributed by atoms with Gasteiger partial charge in [-0.2, -0.15) is 0 Å². The van der Waals surface area contributed by atoms with Crippen LogP contribution in [0.2, 0.25) is 0 Å². The molecule has 0 spiro atoms. The van der Waals surface area contributed by atoms with Gasteiger partial charge in [0.25, 0.3) is 0 Å². The lowest BCUT2D eigenvalue weighted by molar-refractivity contribution is -0.119. The van der Waals surface area contributed by atoms with Crippen molar-refractivity contribution in [2.75, 3.05) is 5.75 Å². The van der Waals surface area contributed by atoms with Crippen LogP contribution in [0.5, 0.6) is 0 Å². The van der Waals surface area contributed by atoms with Crippen LogP contribution in [0.1, 0.15) is 43.7 Å². The molecular weight excluding hydrogens is 266 g/mol. The number of benzene rings is 1. The highest BCUT2D eigenvalue weighted by Gasteiger charge is 2.22. The number of aryl methyl sites for hydroxylation is 2. The summed E-state index contributed by atoms with van der Waals surface area (Å²) in [5.74, 6) is 1.32. The summed E-state index contributed by atoms with van der Waals surface area (Å²) in [6, 6.07) is 6.77. The van der Waals surface area contributed by atoms with Crippen molar-refractivity contribution in [3.05, 3.63) is 29.3 Å². The number of nitrogens with one attached hydrogen (secondary N) is 1. The van der Waals surface area contributed by atoms with Crippen molar-refractivity contribution in [1.82, 2.24) is 5.32 Å². The topological polar surface area (TPSA) is 29.1 Å². The molecule has 1 saturated carbocycles. The maximum atomic E-state index is 12.1. The molecule has 0 bridgehead atoms. The van der Waals surface area contributed by atoms with Gasteiger partial charge >= 0.3 is 0 Å². The van der Waals surface area contributed by atoms with Crippen molar-refractivity contribution >= 4 is 17.7 Å². The Bertz CT molecular complexity index is 472. The number of carbonyl (C=O) groups is 1. The average Bonchev–Trinajstić information content (AvgIpc) is 2.43. The van der Waals surface area contributed by atoms with E-state index in [0.29, 0.717) is 17.7 Å². The Labute approximate surface area is 126 Å². The molecule has 1 fully saturated rings. The van der Waals surface area contributed by atoms with E-state index < -0.39 is 0 Å². The Kier molecular flexibility index (Phi) is 5.53. The van der Waals surface area contributed by atoms with E-state index in [1.165, 1.54) is 35.3 Å². The van der Waals surface area contributed by atoms with Crippen molar-refractivity contribution in [2.24, 2.45) is 5.92 Å². The summed E-state index contributed by atoms with van der Waals surface area (Å²) in [7, 11) is 0. The number of hydrogen-bond acceptors (Lipinski definition) is 2. The van der Waals surface area contributed by atoms with Gasteiger partial charge in [-0.15, -0.1) is 11.8 Å². The number of thioether (sulfide) groups is 1. The molecule has 0 saturated heterocycles. The van der Waals surface area contributed by atoms with Gasteiger partial charge in [0, 0.05) is 10.9 Å². The number of amides is 1. The normalized spacial score (nSPS) is 22.6. The summed E-state index contributed by atoms with van der Waals surface area (Å²) in [4.78, 5) is 13.2. The molecule has 110 valence electrons. The van der Waals surface area contributed by atoms with E-state index in [0.717, 1.165) is 6.42 Å². The number of rotatable bonds is 4. The zero-order valence-electron chi connectivity index (χ0n) is 12.7. The van der Waals surface area contributed by atoms with Gasteiger partial charge in [0.2, 0.25) is 5.91 Å². The molecule has 1 aromatic rings. The van der Waals surface area contributed by atoms with E-state index >= 15 is 0 Å². The van der Waals surface area contributed by atoms with E-state index in [1.54, 1.807) is 11.8 Å². The van der Waals surface area contributed by atoms with Gasteiger partial charge in [0.1, 0.15) is 0 Å². The third-order valence-electron chi connectivity index (χ3n) is 4.31. The molecule has 2 atom stereocenters. The molecule has 1 aliphatic carbocycles. The average molecular weight is 291 g/mol. The van der Waals surface area contributed by atoms with Crippen LogP contribution in [0.15, 0.2) is 23.1 Å². The molecule has 3 heteroatoms. The zero-order chi connectivity index (χ0) is 14.5. The van der Waals surface area contributed by atoms with Gasteiger partial charge in [0.15, 0.2) is 0 Å². The minimum absolute atomic E-state index is 0.173. The predicted molar refractivity (Wildman–Crippen MR) is 86.2 cm³/mol. The molecule has 1 aromatic carbocycles. The second-order valence-corrected chi connectivity index (χ2v) is 7.02. The fourth-order valence-electron chi connectivity index (χ4n) is 2.73. The lowest BCUT2D eigenvalue weighted by Gasteiger charge is -2.29. The molecule has 1 amide bonds. The Morgan fingerprint density at radius 1 is 1.25 bits per heavy atom. The number of hydrogen-bond donors (Lipinski definition) is 1. The minimum Gasteiger partial charge on any atom is -0.352 e. The molecule has 0 unspecified atom stereocenters. The van der Waals surface area contributed by atoms with Gasteiger partial charge in [-0.1, -0.05) is 25.8 Å². The standard InChI is InChI=1S/C17H25NOS/c1-12-8-9-15(10-14(12)3)20-11-17(19)18-16-7-5-4-6-13(16)2/h8-10,13,16H,4-7,11H2,1-3H3,(H,18,19)/t13-,16+/m0/s1. The lowest BCUT2D eigenvalue weighted by Crippen LogP contribution is -2.41. The molecule has 0 aliphatic heterocycles. The fraction of sp³-hybridized carbons (Fsp3) is 0.588. The Morgan fingerprint density at radius 3 is 2.70 bits per heavy atom. The zero-order valence-corrected chi connectivity index (χ0v) is 13.6. The first-order valence-electron chi connectivity index (χ1n) is 7.55. The second-order valence-electron chi connectivity index (χ2n) is 5.97. The largest absolute Gasteiger partial charge is 0.352 e.